The zero-order valence-corrected chi connectivity index (χ0v) is 17.3. The Bertz CT molecular complexity index is 1070. The molecule has 0 fully saturated rings. The first-order valence-electron chi connectivity index (χ1n) is 9.40. The summed E-state index contributed by atoms with van der Waals surface area (Å²) in [6, 6.07) is 4.95. The summed E-state index contributed by atoms with van der Waals surface area (Å²) in [4.78, 5) is 24.8. The fraction of sp³-hybridized carbons (Fsp3) is 0.273. The third kappa shape index (κ3) is 5.09. The van der Waals surface area contributed by atoms with E-state index in [1.165, 1.54) is 13.2 Å². The summed E-state index contributed by atoms with van der Waals surface area (Å²) >= 11 is 6.10. The summed E-state index contributed by atoms with van der Waals surface area (Å²) in [5.74, 6) is -4.86. The minimum Gasteiger partial charge on any atom is -0.469 e. The Hall–Kier alpha value is -2.94. The van der Waals surface area contributed by atoms with E-state index in [1.54, 1.807) is 12.2 Å². The quantitative estimate of drug-likeness (QED) is 0.366. The SMILES string of the molecule is COC(=O)[C@H](c1ccc(F)cc1Cl)[C@H]1C=C[C@@H](NC(=O)c2ccc(F)c(C(F)(F)F)c2)C1. The van der Waals surface area contributed by atoms with Gasteiger partial charge in [-0.25, -0.2) is 8.78 Å². The van der Waals surface area contributed by atoms with E-state index in [4.69, 9.17) is 16.3 Å². The molecule has 1 amide bonds. The molecule has 1 aliphatic rings. The Balaban J connectivity index is 1.76. The van der Waals surface area contributed by atoms with Crippen molar-refractivity contribution in [1.29, 1.82) is 0 Å². The molecule has 2 aromatic rings. The number of amides is 1. The summed E-state index contributed by atoms with van der Waals surface area (Å²) < 4.78 is 70.4. The molecule has 10 heteroatoms. The van der Waals surface area contributed by atoms with Crippen LogP contribution in [0.3, 0.4) is 0 Å². The molecule has 170 valence electrons. The van der Waals surface area contributed by atoms with E-state index in [-0.39, 0.29) is 17.0 Å². The standard InChI is InChI=1S/C22H17ClF5NO3/c1-32-21(31)19(15-6-4-13(24)10-17(15)23)11-2-5-14(8-11)29-20(30)12-3-7-18(25)16(9-12)22(26,27)28/h2-7,9-11,14,19H,8H2,1H3,(H,29,30)/t11-,14+,19-/m0/s1. The van der Waals surface area contributed by atoms with Crippen molar-refractivity contribution in [3.05, 3.63) is 81.9 Å². The zero-order valence-electron chi connectivity index (χ0n) is 16.6. The van der Waals surface area contributed by atoms with Gasteiger partial charge in [-0.2, -0.15) is 13.2 Å². The van der Waals surface area contributed by atoms with Crippen LogP contribution in [0, 0.1) is 17.6 Å². The van der Waals surface area contributed by atoms with Crippen LogP contribution < -0.4 is 5.32 Å². The molecular weight excluding hydrogens is 457 g/mol. The van der Waals surface area contributed by atoms with Crippen LogP contribution in [0.5, 0.6) is 0 Å². The number of ether oxygens (including phenoxy) is 1. The number of methoxy groups -OCH3 is 1. The molecule has 32 heavy (non-hydrogen) atoms. The Morgan fingerprint density at radius 3 is 2.47 bits per heavy atom. The average Bonchev–Trinajstić information content (AvgIpc) is 3.16. The molecule has 1 aliphatic carbocycles. The first kappa shape index (κ1) is 23.7. The van der Waals surface area contributed by atoms with Gasteiger partial charge < -0.3 is 10.1 Å². The molecular formula is C22H17ClF5NO3. The molecule has 3 atom stereocenters. The highest BCUT2D eigenvalue weighted by Gasteiger charge is 2.37. The third-order valence-corrected chi connectivity index (χ3v) is 5.48. The maximum atomic E-state index is 13.5. The van der Waals surface area contributed by atoms with Crippen LogP contribution in [-0.4, -0.2) is 25.0 Å². The van der Waals surface area contributed by atoms with Crippen molar-refractivity contribution >= 4 is 23.5 Å². The fourth-order valence-corrected chi connectivity index (χ4v) is 3.91. The maximum Gasteiger partial charge on any atom is 0.419 e. The number of carbonyl (C=O) groups is 2. The molecule has 0 heterocycles. The molecule has 0 radical (unpaired) electrons. The van der Waals surface area contributed by atoms with Crippen LogP contribution in [0.1, 0.15) is 33.8 Å². The molecule has 0 saturated heterocycles. The summed E-state index contributed by atoms with van der Waals surface area (Å²) in [5, 5.41) is 2.58. The minimum atomic E-state index is -4.94. The molecule has 0 unspecified atom stereocenters. The Labute approximate surface area is 185 Å². The second-order valence-corrected chi connectivity index (χ2v) is 7.63. The summed E-state index contributed by atoms with van der Waals surface area (Å²) in [6.45, 7) is 0. The van der Waals surface area contributed by atoms with Gasteiger partial charge in [0.1, 0.15) is 11.6 Å². The molecule has 1 N–H and O–H groups in total. The van der Waals surface area contributed by atoms with E-state index in [1.807, 2.05) is 0 Å². The lowest BCUT2D eigenvalue weighted by molar-refractivity contribution is -0.143. The van der Waals surface area contributed by atoms with Crippen molar-refractivity contribution in [3.8, 4) is 0 Å². The van der Waals surface area contributed by atoms with Gasteiger partial charge in [0.25, 0.3) is 5.91 Å². The van der Waals surface area contributed by atoms with E-state index in [2.05, 4.69) is 5.32 Å². The van der Waals surface area contributed by atoms with Crippen LogP contribution >= 0.6 is 11.6 Å². The normalized spacial score (nSPS) is 19.0. The number of nitrogens with one attached hydrogen (secondary N) is 1. The van der Waals surface area contributed by atoms with Crippen molar-refractivity contribution in [1.82, 2.24) is 5.32 Å². The molecule has 0 spiro atoms. The third-order valence-electron chi connectivity index (χ3n) is 5.15. The Morgan fingerprint density at radius 2 is 1.84 bits per heavy atom. The monoisotopic (exact) mass is 473 g/mol. The lowest BCUT2D eigenvalue weighted by atomic mass is 9.85. The predicted octanol–water partition coefficient (Wildman–Crippen LogP) is 5.27. The Kier molecular flexibility index (Phi) is 6.88. The van der Waals surface area contributed by atoms with Crippen LogP contribution in [-0.2, 0) is 15.7 Å². The number of allylic oxidation sites excluding steroid dienone is 1. The minimum absolute atomic E-state index is 0.0345. The fourth-order valence-electron chi connectivity index (χ4n) is 3.63. The highest BCUT2D eigenvalue weighted by atomic mass is 35.5. The molecule has 4 nitrogen and oxygen atoms in total. The lowest BCUT2D eigenvalue weighted by Gasteiger charge is -2.23. The van der Waals surface area contributed by atoms with Gasteiger partial charge in [-0.05, 0) is 48.2 Å². The number of hydrogen-bond donors (Lipinski definition) is 1. The zero-order chi connectivity index (χ0) is 23.6. The van der Waals surface area contributed by atoms with Crippen LogP contribution in [0.15, 0.2) is 48.6 Å². The van der Waals surface area contributed by atoms with E-state index in [9.17, 15) is 31.5 Å². The molecule has 0 aromatic heterocycles. The van der Waals surface area contributed by atoms with Crippen LogP contribution in [0.2, 0.25) is 5.02 Å². The first-order chi connectivity index (χ1) is 15.0. The number of rotatable bonds is 5. The average molecular weight is 474 g/mol. The lowest BCUT2D eigenvalue weighted by Crippen LogP contribution is -2.34. The maximum absolute atomic E-state index is 13.5. The van der Waals surface area contributed by atoms with Crippen molar-refractivity contribution < 1.29 is 36.3 Å². The molecule has 3 rings (SSSR count). The summed E-state index contributed by atoms with van der Waals surface area (Å²) in [6.07, 6.45) is -1.49. The molecule has 2 aromatic carbocycles. The number of benzene rings is 2. The Morgan fingerprint density at radius 1 is 1.12 bits per heavy atom. The highest BCUT2D eigenvalue weighted by molar-refractivity contribution is 6.31. The van der Waals surface area contributed by atoms with E-state index in [0.717, 1.165) is 18.2 Å². The number of alkyl halides is 3. The summed E-state index contributed by atoms with van der Waals surface area (Å²) in [5.41, 5.74) is -1.56. The molecule has 0 bridgehead atoms. The van der Waals surface area contributed by atoms with E-state index in [0.29, 0.717) is 17.7 Å². The van der Waals surface area contributed by atoms with Gasteiger partial charge in [-0.3, -0.25) is 9.59 Å². The largest absolute Gasteiger partial charge is 0.469 e. The van der Waals surface area contributed by atoms with Gasteiger partial charge in [0, 0.05) is 16.6 Å². The van der Waals surface area contributed by atoms with Gasteiger partial charge in [-0.15, -0.1) is 0 Å². The summed E-state index contributed by atoms with van der Waals surface area (Å²) in [7, 11) is 1.19. The smallest absolute Gasteiger partial charge is 0.419 e. The number of halogens is 6. The van der Waals surface area contributed by atoms with Crippen molar-refractivity contribution in [2.24, 2.45) is 5.92 Å². The van der Waals surface area contributed by atoms with Gasteiger partial charge in [-0.1, -0.05) is 29.8 Å². The van der Waals surface area contributed by atoms with Crippen LogP contribution in [0.25, 0.3) is 0 Å². The second kappa shape index (κ2) is 9.28. The second-order valence-electron chi connectivity index (χ2n) is 7.22. The topological polar surface area (TPSA) is 55.4 Å². The van der Waals surface area contributed by atoms with Gasteiger partial charge in [0.2, 0.25) is 0 Å². The molecule has 0 saturated carbocycles. The first-order valence-corrected chi connectivity index (χ1v) is 9.77. The van der Waals surface area contributed by atoms with Gasteiger partial charge in [0.15, 0.2) is 0 Å². The van der Waals surface area contributed by atoms with Crippen molar-refractivity contribution in [3.63, 3.8) is 0 Å². The number of esters is 1. The van der Waals surface area contributed by atoms with Crippen molar-refractivity contribution in [2.45, 2.75) is 24.6 Å². The number of carbonyl (C=O) groups excluding carboxylic acids is 2. The van der Waals surface area contributed by atoms with Crippen LogP contribution in [0.4, 0.5) is 22.0 Å². The number of hydrogen-bond acceptors (Lipinski definition) is 3. The molecule has 0 aliphatic heterocycles. The van der Waals surface area contributed by atoms with E-state index >= 15 is 0 Å². The van der Waals surface area contributed by atoms with Crippen molar-refractivity contribution in [2.75, 3.05) is 7.11 Å². The van der Waals surface area contributed by atoms with Gasteiger partial charge in [0.05, 0.1) is 18.6 Å². The highest BCUT2D eigenvalue weighted by Crippen LogP contribution is 2.38. The predicted molar refractivity (Wildman–Crippen MR) is 106 cm³/mol. The van der Waals surface area contributed by atoms with E-state index < -0.39 is 53.1 Å². The van der Waals surface area contributed by atoms with Gasteiger partial charge >= 0.3 is 12.1 Å².